The first-order valence-corrected chi connectivity index (χ1v) is 7.19. The molecule has 0 fully saturated rings. The first-order chi connectivity index (χ1) is 9.35. The van der Waals surface area contributed by atoms with Gasteiger partial charge in [0.25, 0.3) is 0 Å². The summed E-state index contributed by atoms with van der Waals surface area (Å²) in [6.45, 7) is 2.96. The molecule has 0 aliphatic carbocycles. The molecule has 96 valence electrons. The Kier molecular flexibility index (Phi) is 3.65. The quantitative estimate of drug-likeness (QED) is 0.847. The highest BCUT2D eigenvalue weighted by molar-refractivity contribution is 7.10. The van der Waals surface area contributed by atoms with Gasteiger partial charge in [0.1, 0.15) is 6.61 Å². The molecule has 0 unspecified atom stereocenters. The van der Waals surface area contributed by atoms with Crippen molar-refractivity contribution in [3.05, 3.63) is 57.3 Å². The fourth-order valence-corrected chi connectivity index (χ4v) is 3.26. The lowest BCUT2D eigenvalue weighted by molar-refractivity contribution is 0.278. The molecule has 19 heavy (non-hydrogen) atoms. The summed E-state index contributed by atoms with van der Waals surface area (Å²) >= 11 is 1.74. The molecule has 3 heteroatoms. The maximum Gasteiger partial charge on any atom is 0.104 e. The summed E-state index contributed by atoms with van der Waals surface area (Å²) in [7, 11) is 0. The molecule has 1 aromatic heterocycles. The zero-order valence-electron chi connectivity index (χ0n) is 10.6. The predicted octanol–water partition coefficient (Wildman–Crippen LogP) is 2.61. The van der Waals surface area contributed by atoms with Crippen LogP contribution in [0, 0.1) is 11.8 Å². The van der Waals surface area contributed by atoms with Crippen LogP contribution < -0.4 is 0 Å². The van der Waals surface area contributed by atoms with E-state index >= 15 is 0 Å². The molecule has 0 amide bonds. The number of aliphatic hydroxyl groups is 1. The van der Waals surface area contributed by atoms with Crippen molar-refractivity contribution >= 4 is 11.3 Å². The molecule has 3 rings (SSSR count). The Morgan fingerprint density at radius 2 is 1.95 bits per heavy atom. The molecule has 0 radical (unpaired) electrons. The number of fused-ring (bicyclic) bond motifs is 1. The molecule has 0 spiro atoms. The lowest BCUT2D eigenvalue weighted by Gasteiger charge is -2.12. The van der Waals surface area contributed by atoms with Crippen LogP contribution in [0.2, 0.25) is 0 Å². The fraction of sp³-hybridized carbons (Fsp3) is 0.250. The molecule has 1 aromatic carbocycles. The normalized spacial score (nSPS) is 13.9. The van der Waals surface area contributed by atoms with Gasteiger partial charge in [0.2, 0.25) is 0 Å². The standard InChI is InChI=1S/C16H15NOS/c18-7-3-4-13-8-16(19-12-13)11-17-9-14-5-1-2-6-15(14)10-17/h1-2,5-6,8,12,18H,7,9-11H2. The summed E-state index contributed by atoms with van der Waals surface area (Å²) in [5.41, 5.74) is 3.89. The van der Waals surface area contributed by atoms with Gasteiger partial charge >= 0.3 is 0 Å². The number of benzene rings is 1. The molecular weight excluding hydrogens is 254 g/mol. The number of aliphatic hydroxyl groups excluding tert-OH is 1. The topological polar surface area (TPSA) is 23.5 Å². The van der Waals surface area contributed by atoms with Crippen molar-refractivity contribution in [1.82, 2.24) is 4.90 Å². The molecule has 1 aliphatic rings. The van der Waals surface area contributed by atoms with Gasteiger partial charge in [-0.15, -0.1) is 11.3 Å². The molecule has 2 aromatic rings. The monoisotopic (exact) mass is 269 g/mol. The minimum Gasteiger partial charge on any atom is -0.384 e. The molecule has 2 heterocycles. The van der Waals surface area contributed by atoms with Crippen LogP contribution in [0.15, 0.2) is 35.7 Å². The van der Waals surface area contributed by atoms with Gasteiger partial charge in [-0.1, -0.05) is 36.1 Å². The smallest absolute Gasteiger partial charge is 0.104 e. The van der Waals surface area contributed by atoms with Crippen molar-refractivity contribution in [1.29, 1.82) is 0 Å². The van der Waals surface area contributed by atoms with Crippen LogP contribution >= 0.6 is 11.3 Å². The highest BCUT2D eigenvalue weighted by atomic mass is 32.1. The van der Waals surface area contributed by atoms with Crippen LogP contribution in [0.1, 0.15) is 21.6 Å². The summed E-state index contributed by atoms with van der Waals surface area (Å²) in [6, 6.07) is 10.8. The largest absolute Gasteiger partial charge is 0.384 e. The summed E-state index contributed by atoms with van der Waals surface area (Å²) in [6.07, 6.45) is 0. The van der Waals surface area contributed by atoms with Gasteiger partial charge in [0.15, 0.2) is 0 Å². The van der Waals surface area contributed by atoms with Gasteiger partial charge in [-0.25, -0.2) is 0 Å². The van der Waals surface area contributed by atoms with E-state index in [9.17, 15) is 0 Å². The highest BCUT2D eigenvalue weighted by Gasteiger charge is 2.18. The summed E-state index contributed by atoms with van der Waals surface area (Å²) in [5, 5.41) is 10.7. The van der Waals surface area contributed by atoms with Crippen molar-refractivity contribution < 1.29 is 5.11 Å². The molecule has 1 N–H and O–H groups in total. The van der Waals surface area contributed by atoms with Gasteiger partial charge in [-0.2, -0.15) is 0 Å². The zero-order valence-corrected chi connectivity index (χ0v) is 11.4. The van der Waals surface area contributed by atoms with Crippen LogP contribution in [0.3, 0.4) is 0 Å². The molecule has 0 bridgehead atoms. The van der Waals surface area contributed by atoms with Crippen molar-refractivity contribution in [2.24, 2.45) is 0 Å². The Balaban J connectivity index is 1.66. The lowest BCUT2D eigenvalue weighted by Crippen LogP contribution is -2.14. The molecule has 0 atom stereocenters. The Labute approximate surface area is 117 Å². The summed E-state index contributed by atoms with van der Waals surface area (Å²) < 4.78 is 0. The van der Waals surface area contributed by atoms with Gasteiger partial charge in [0.05, 0.1) is 0 Å². The Morgan fingerprint density at radius 3 is 2.63 bits per heavy atom. The second kappa shape index (κ2) is 5.58. The molecule has 0 saturated heterocycles. The molecule has 1 aliphatic heterocycles. The average Bonchev–Trinajstić information content (AvgIpc) is 3.02. The summed E-state index contributed by atoms with van der Waals surface area (Å²) in [4.78, 5) is 3.77. The van der Waals surface area contributed by atoms with E-state index in [4.69, 9.17) is 5.11 Å². The third-order valence-corrected chi connectivity index (χ3v) is 4.17. The van der Waals surface area contributed by atoms with Crippen LogP contribution in [-0.2, 0) is 19.6 Å². The van der Waals surface area contributed by atoms with Crippen molar-refractivity contribution in [2.45, 2.75) is 19.6 Å². The molecule has 2 nitrogen and oxygen atoms in total. The van der Waals surface area contributed by atoms with E-state index in [0.29, 0.717) is 0 Å². The second-order valence-electron chi connectivity index (χ2n) is 4.68. The van der Waals surface area contributed by atoms with E-state index in [0.717, 1.165) is 25.2 Å². The van der Waals surface area contributed by atoms with Crippen molar-refractivity contribution in [2.75, 3.05) is 6.61 Å². The lowest BCUT2D eigenvalue weighted by atomic mass is 10.1. The third kappa shape index (κ3) is 2.87. The van der Waals surface area contributed by atoms with E-state index in [1.54, 1.807) is 11.3 Å². The Morgan fingerprint density at radius 1 is 1.21 bits per heavy atom. The summed E-state index contributed by atoms with van der Waals surface area (Å²) in [5.74, 6) is 5.63. The van der Waals surface area contributed by atoms with Gasteiger partial charge < -0.3 is 5.11 Å². The van der Waals surface area contributed by atoms with Crippen LogP contribution in [-0.4, -0.2) is 16.6 Å². The van der Waals surface area contributed by atoms with E-state index in [1.807, 2.05) is 0 Å². The number of hydrogen-bond donors (Lipinski definition) is 1. The number of rotatable bonds is 2. The van der Waals surface area contributed by atoms with Gasteiger partial charge in [-0.05, 0) is 17.2 Å². The Bertz CT molecular complexity index is 610. The average molecular weight is 269 g/mol. The first kappa shape index (κ1) is 12.4. The second-order valence-corrected chi connectivity index (χ2v) is 5.67. The minimum atomic E-state index is -0.0768. The van der Waals surface area contributed by atoms with Gasteiger partial charge in [-0.3, -0.25) is 4.90 Å². The van der Waals surface area contributed by atoms with Crippen LogP contribution in [0.5, 0.6) is 0 Å². The van der Waals surface area contributed by atoms with Crippen molar-refractivity contribution in [3.63, 3.8) is 0 Å². The first-order valence-electron chi connectivity index (χ1n) is 6.31. The number of thiophene rings is 1. The zero-order chi connectivity index (χ0) is 13.1. The van der Waals surface area contributed by atoms with Gasteiger partial charge in [0, 0.05) is 35.5 Å². The maximum absolute atomic E-state index is 8.69. The predicted molar refractivity (Wildman–Crippen MR) is 77.7 cm³/mol. The van der Waals surface area contributed by atoms with Crippen LogP contribution in [0.4, 0.5) is 0 Å². The Hall–Kier alpha value is -1.60. The number of nitrogens with zero attached hydrogens (tertiary/aromatic N) is 1. The molecular formula is C16H15NOS. The van der Waals surface area contributed by atoms with Crippen LogP contribution in [0.25, 0.3) is 0 Å². The van der Waals surface area contributed by atoms with Crippen molar-refractivity contribution in [3.8, 4) is 11.8 Å². The van der Waals surface area contributed by atoms with E-state index in [2.05, 4.69) is 52.5 Å². The fourth-order valence-electron chi connectivity index (χ4n) is 2.41. The van der Waals surface area contributed by atoms with E-state index in [-0.39, 0.29) is 6.61 Å². The molecule has 0 saturated carbocycles. The van der Waals surface area contributed by atoms with E-state index < -0.39 is 0 Å². The third-order valence-electron chi connectivity index (χ3n) is 3.25. The minimum absolute atomic E-state index is 0.0768. The SMILES string of the molecule is OCC#Cc1csc(CN2Cc3ccccc3C2)c1. The van der Waals surface area contributed by atoms with E-state index in [1.165, 1.54) is 16.0 Å². The highest BCUT2D eigenvalue weighted by Crippen LogP contribution is 2.25. The number of hydrogen-bond acceptors (Lipinski definition) is 3. The maximum atomic E-state index is 8.69.